The molecule has 1 amide bonds. The Hall–Kier alpha value is -1.30. The van der Waals surface area contributed by atoms with Crippen LogP contribution >= 0.6 is 34.5 Å². The fourth-order valence-electron chi connectivity index (χ4n) is 2.21. The summed E-state index contributed by atoms with van der Waals surface area (Å²) in [6.45, 7) is 0. The maximum atomic E-state index is 11.8. The summed E-state index contributed by atoms with van der Waals surface area (Å²) in [5.41, 5.74) is 6.47. The van der Waals surface area contributed by atoms with Crippen LogP contribution in [0.2, 0.25) is 10.0 Å². The molecule has 0 unspecified atom stereocenters. The van der Waals surface area contributed by atoms with Gasteiger partial charge >= 0.3 is 0 Å². The van der Waals surface area contributed by atoms with Crippen LogP contribution in [0.5, 0.6) is 0 Å². The van der Waals surface area contributed by atoms with Gasteiger partial charge in [-0.3, -0.25) is 4.79 Å². The number of nitrogens with two attached hydrogens (primary N) is 1. The smallest absolute Gasteiger partial charge is 0.226 e. The molecular weight excluding hydrogens is 305 g/mol. The molecule has 1 aromatic carbocycles. The first-order valence-corrected chi connectivity index (χ1v) is 7.13. The van der Waals surface area contributed by atoms with Crippen LogP contribution in [0.4, 0.5) is 10.9 Å². The lowest BCUT2D eigenvalue weighted by molar-refractivity contribution is -0.116. The van der Waals surface area contributed by atoms with Gasteiger partial charge in [0.05, 0.1) is 4.88 Å². The van der Waals surface area contributed by atoms with Crippen molar-refractivity contribution in [3.8, 4) is 0 Å². The number of carbonyl (C=O) groups is 1. The van der Waals surface area contributed by atoms with Gasteiger partial charge in [-0.15, -0.1) is 0 Å². The van der Waals surface area contributed by atoms with Gasteiger partial charge in [-0.2, -0.15) is 0 Å². The summed E-state index contributed by atoms with van der Waals surface area (Å²) < 4.78 is 0. The highest BCUT2D eigenvalue weighted by molar-refractivity contribution is 7.16. The Morgan fingerprint density at radius 3 is 2.74 bits per heavy atom. The fraction of sp³-hybridized carbons (Fsp3) is 0.167. The Labute approximate surface area is 123 Å². The quantitative estimate of drug-likeness (QED) is 0.846. The van der Waals surface area contributed by atoms with Crippen molar-refractivity contribution in [1.29, 1.82) is 0 Å². The van der Waals surface area contributed by atoms with E-state index in [9.17, 15) is 4.79 Å². The molecule has 2 heterocycles. The van der Waals surface area contributed by atoms with Crippen molar-refractivity contribution in [3.63, 3.8) is 0 Å². The highest BCUT2D eigenvalue weighted by Crippen LogP contribution is 2.45. The number of hydrogen-bond donors (Lipinski definition) is 2. The SMILES string of the molecule is Nc1nc2c(s1)[C@@H](c1c(Cl)cccc1Cl)CC(=O)N2. The third kappa shape index (κ3) is 2.18. The number of thiazole rings is 1. The summed E-state index contributed by atoms with van der Waals surface area (Å²) in [6, 6.07) is 5.30. The van der Waals surface area contributed by atoms with Crippen molar-refractivity contribution in [1.82, 2.24) is 4.98 Å². The Bertz CT molecular complexity index is 651. The van der Waals surface area contributed by atoms with Gasteiger partial charge in [0.25, 0.3) is 0 Å². The van der Waals surface area contributed by atoms with Crippen molar-refractivity contribution in [2.75, 3.05) is 11.1 Å². The van der Waals surface area contributed by atoms with E-state index in [2.05, 4.69) is 10.3 Å². The second kappa shape index (κ2) is 4.67. The first kappa shape index (κ1) is 12.7. The zero-order chi connectivity index (χ0) is 13.6. The zero-order valence-electron chi connectivity index (χ0n) is 9.61. The number of hydrogen-bond acceptors (Lipinski definition) is 4. The van der Waals surface area contributed by atoms with Crippen LogP contribution in [0.3, 0.4) is 0 Å². The Morgan fingerprint density at radius 1 is 1.37 bits per heavy atom. The second-order valence-electron chi connectivity index (χ2n) is 4.21. The van der Waals surface area contributed by atoms with E-state index in [1.165, 1.54) is 11.3 Å². The Kier molecular flexibility index (Phi) is 3.12. The van der Waals surface area contributed by atoms with E-state index in [4.69, 9.17) is 28.9 Å². The molecule has 1 aliphatic heterocycles. The van der Waals surface area contributed by atoms with E-state index in [0.29, 0.717) is 21.0 Å². The average molecular weight is 314 g/mol. The molecule has 0 saturated carbocycles. The molecule has 1 atom stereocenters. The normalized spacial score (nSPS) is 18.0. The monoisotopic (exact) mass is 313 g/mol. The number of amides is 1. The number of fused-ring (bicyclic) bond motifs is 1. The van der Waals surface area contributed by atoms with E-state index in [1.807, 2.05) is 0 Å². The van der Waals surface area contributed by atoms with Crippen LogP contribution < -0.4 is 11.1 Å². The lowest BCUT2D eigenvalue weighted by atomic mass is 9.91. The standard InChI is InChI=1S/C12H9Cl2N3OS/c13-6-2-1-3-7(14)9(6)5-4-8(18)16-11-10(5)19-12(15)17-11/h1-3,5H,4H2,(H2,15,17)(H,16,18)/t5-/m1/s1. The molecule has 0 spiro atoms. The number of rotatable bonds is 1. The van der Waals surface area contributed by atoms with Crippen LogP contribution in [0.15, 0.2) is 18.2 Å². The summed E-state index contributed by atoms with van der Waals surface area (Å²) in [5, 5.41) is 4.22. The molecule has 0 radical (unpaired) electrons. The van der Waals surface area contributed by atoms with Gasteiger partial charge in [-0.05, 0) is 17.7 Å². The molecule has 3 N–H and O–H groups in total. The van der Waals surface area contributed by atoms with Crippen LogP contribution in [0.25, 0.3) is 0 Å². The number of aromatic nitrogens is 1. The summed E-state index contributed by atoms with van der Waals surface area (Å²) in [5.74, 6) is 0.207. The molecule has 0 aliphatic carbocycles. The van der Waals surface area contributed by atoms with Gasteiger partial charge in [0, 0.05) is 22.4 Å². The van der Waals surface area contributed by atoms with Crippen molar-refractivity contribution >= 4 is 51.4 Å². The number of anilines is 2. The average Bonchev–Trinajstić information content (AvgIpc) is 2.69. The minimum Gasteiger partial charge on any atom is -0.375 e. The second-order valence-corrected chi connectivity index (χ2v) is 6.08. The van der Waals surface area contributed by atoms with Crippen LogP contribution in [-0.2, 0) is 4.79 Å². The molecule has 2 aromatic rings. The Balaban J connectivity index is 2.18. The molecule has 98 valence electrons. The minimum absolute atomic E-state index is 0.112. The molecule has 4 nitrogen and oxygen atoms in total. The predicted octanol–water partition coefficient (Wildman–Crippen LogP) is 3.51. The lowest BCUT2D eigenvalue weighted by Gasteiger charge is -2.23. The number of nitrogens with zero attached hydrogens (tertiary/aromatic N) is 1. The number of benzene rings is 1. The number of nitrogens with one attached hydrogen (secondary N) is 1. The van der Waals surface area contributed by atoms with E-state index in [-0.39, 0.29) is 18.2 Å². The van der Waals surface area contributed by atoms with Crippen molar-refractivity contribution in [2.24, 2.45) is 0 Å². The van der Waals surface area contributed by atoms with Crippen LogP contribution in [-0.4, -0.2) is 10.9 Å². The lowest BCUT2D eigenvalue weighted by Crippen LogP contribution is -2.23. The molecule has 0 bridgehead atoms. The maximum Gasteiger partial charge on any atom is 0.226 e. The zero-order valence-corrected chi connectivity index (χ0v) is 11.9. The predicted molar refractivity (Wildman–Crippen MR) is 78.1 cm³/mol. The van der Waals surface area contributed by atoms with E-state index in [0.717, 1.165) is 10.4 Å². The molecular formula is C12H9Cl2N3OS. The third-order valence-electron chi connectivity index (χ3n) is 2.98. The molecule has 0 fully saturated rings. The summed E-state index contributed by atoms with van der Waals surface area (Å²) >= 11 is 13.8. The highest BCUT2D eigenvalue weighted by Gasteiger charge is 2.32. The first-order valence-electron chi connectivity index (χ1n) is 5.56. The maximum absolute atomic E-state index is 11.8. The minimum atomic E-state index is -0.195. The van der Waals surface area contributed by atoms with Crippen molar-refractivity contribution in [2.45, 2.75) is 12.3 Å². The van der Waals surface area contributed by atoms with E-state index in [1.54, 1.807) is 18.2 Å². The number of carbonyl (C=O) groups excluding carboxylic acids is 1. The summed E-state index contributed by atoms with van der Waals surface area (Å²) in [4.78, 5) is 16.8. The van der Waals surface area contributed by atoms with Gasteiger partial charge in [0.15, 0.2) is 5.13 Å². The van der Waals surface area contributed by atoms with Crippen LogP contribution in [0, 0.1) is 0 Å². The van der Waals surface area contributed by atoms with Gasteiger partial charge in [0.1, 0.15) is 5.82 Å². The molecule has 3 rings (SSSR count). The van der Waals surface area contributed by atoms with E-state index >= 15 is 0 Å². The van der Waals surface area contributed by atoms with Gasteiger partial charge < -0.3 is 11.1 Å². The summed E-state index contributed by atoms with van der Waals surface area (Å²) in [7, 11) is 0. The molecule has 19 heavy (non-hydrogen) atoms. The largest absolute Gasteiger partial charge is 0.375 e. The topological polar surface area (TPSA) is 68.0 Å². The third-order valence-corrected chi connectivity index (χ3v) is 4.64. The summed E-state index contributed by atoms with van der Waals surface area (Å²) in [6.07, 6.45) is 0.290. The van der Waals surface area contributed by atoms with Gasteiger partial charge in [-0.1, -0.05) is 40.6 Å². The number of nitrogen functional groups attached to an aromatic ring is 1. The Morgan fingerprint density at radius 2 is 2.05 bits per heavy atom. The van der Waals surface area contributed by atoms with Crippen molar-refractivity contribution in [3.05, 3.63) is 38.7 Å². The number of halogens is 2. The van der Waals surface area contributed by atoms with Crippen LogP contribution in [0.1, 0.15) is 22.8 Å². The molecule has 0 saturated heterocycles. The molecule has 7 heteroatoms. The van der Waals surface area contributed by atoms with Crippen molar-refractivity contribution < 1.29 is 4.79 Å². The van der Waals surface area contributed by atoms with Gasteiger partial charge in [0.2, 0.25) is 5.91 Å². The fourth-order valence-corrected chi connectivity index (χ4v) is 3.77. The highest BCUT2D eigenvalue weighted by atomic mass is 35.5. The van der Waals surface area contributed by atoms with Gasteiger partial charge in [-0.25, -0.2) is 4.98 Å². The first-order chi connectivity index (χ1) is 9.06. The molecule has 1 aliphatic rings. The van der Waals surface area contributed by atoms with E-state index < -0.39 is 0 Å². The molecule has 1 aromatic heterocycles.